The third-order valence-corrected chi connectivity index (χ3v) is 5.91. The minimum Gasteiger partial charge on any atom is -0.339 e. The lowest BCUT2D eigenvalue weighted by Crippen LogP contribution is -2.53. The van der Waals surface area contributed by atoms with Gasteiger partial charge in [-0.1, -0.05) is 36.5 Å². The lowest BCUT2D eigenvalue weighted by Gasteiger charge is -2.40. The first-order valence-electron chi connectivity index (χ1n) is 10.0. The summed E-state index contributed by atoms with van der Waals surface area (Å²) in [6.45, 7) is 10.7. The van der Waals surface area contributed by atoms with Crippen molar-refractivity contribution in [2.24, 2.45) is 0 Å². The largest absolute Gasteiger partial charge is 0.339 e. The number of halogens is 1. The van der Waals surface area contributed by atoms with Gasteiger partial charge in [0.25, 0.3) is 5.91 Å². The Morgan fingerprint density at radius 3 is 2.39 bits per heavy atom. The summed E-state index contributed by atoms with van der Waals surface area (Å²) in [7, 11) is 0. The molecule has 0 aromatic rings. The van der Waals surface area contributed by atoms with Crippen molar-refractivity contribution in [3.8, 4) is 0 Å². The van der Waals surface area contributed by atoms with E-state index in [4.69, 9.17) is 0 Å². The molecule has 2 amide bonds. The van der Waals surface area contributed by atoms with Crippen molar-refractivity contribution in [1.82, 2.24) is 14.7 Å². The number of piperazine rings is 1. The molecule has 2 saturated heterocycles. The van der Waals surface area contributed by atoms with Crippen LogP contribution < -0.4 is 0 Å². The average molecular weight is 387 g/mol. The van der Waals surface area contributed by atoms with E-state index in [1.165, 1.54) is 6.08 Å². The van der Waals surface area contributed by atoms with E-state index in [0.717, 1.165) is 11.1 Å². The summed E-state index contributed by atoms with van der Waals surface area (Å²) >= 11 is 0. The molecule has 1 atom stereocenters. The van der Waals surface area contributed by atoms with Crippen molar-refractivity contribution < 1.29 is 14.0 Å². The molecule has 28 heavy (non-hydrogen) atoms. The van der Waals surface area contributed by atoms with Crippen molar-refractivity contribution in [2.75, 3.05) is 39.3 Å². The zero-order chi connectivity index (χ0) is 20.3. The number of amides is 2. The van der Waals surface area contributed by atoms with Crippen LogP contribution in [0.1, 0.15) is 26.7 Å². The van der Waals surface area contributed by atoms with Crippen LogP contribution in [0.3, 0.4) is 0 Å². The number of carbonyl (C=O) groups excluding carboxylic acids is 2. The number of alkyl halides is 1. The second-order valence-electron chi connectivity index (χ2n) is 8.11. The molecule has 0 spiro atoms. The first-order valence-corrected chi connectivity index (χ1v) is 10.0. The van der Waals surface area contributed by atoms with Gasteiger partial charge >= 0.3 is 0 Å². The van der Waals surface area contributed by atoms with Gasteiger partial charge in [0.1, 0.15) is 5.67 Å². The Labute approximate surface area is 166 Å². The molecule has 0 aromatic heterocycles. The van der Waals surface area contributed by atoms with Crippen LogP contribution >= 0.6 is 0 Å². The third-order valence-electron chi connectivity index (χ3n) is 5.91. The fourth-order valence-electron chi connectivity index (χ4n) is 4.00. The molecule has 0 bridgehead atoms. The van der Waals surface area contributed by atoms with E-state index >= 15 is 0 Å². The number of likely N-dealkylation sites (tertiary alicyclic amines) is 1. The summed E-state index contributed by atoms with van der Waals surface area (Å²) in [5.74, 6) is -0.0657. The van der Waals surface area contributed by atoms with E-state index in [1.54, 1.807) is 16.7 Å². The van der Waals surface area contributed by atoms with E-state index in [-0.39, 0.29) is 17.9 Å². The molecular formula is C22H30FN3O2. The molecule has 152 valence electrons. The number of hydrogen-bond acceptors (Lipinski definition) is 3. The van der Waals surface area contributed by atoms with Crippen molar-refractivity contribution in [2.45, 2.75) is 38.4 Å². The number of piperidine rings is 1. The SMILES string of the molecule is C=CC(=O)N1CCN(C2C=C(C)C=CC=C2C(=O)N2CCC(C)(F)CC2)CC1. The van der Waals surface area contributed by atoms with Crippen molar-refractivity contribution in [3.05, 3.63) is 48.1 Å². The van der Waals surface area contributed by atoms with Gasteiger partial charge in [0.15, 0.2) is 0 Å². The fourth-order valence-corrected chi connectivity index (χ4v) is 4.00. The second kappa shape index (κ2) is 8.43. The highest BCUT2D eigenvalue weighted by Crippen LogP contribution is 2.28. The molecule has 2 heterocycles. The molecule has 3 aliphatic rings. The highest BCUT2D eigenvalue weighted by molar-refractivity contribution is 5.95. The van der Waals surface area contributed by atoms with Gasteiger partial charge in [-0.2, -0.15) is 0 Å². The maximum absolute atomic E-state index is 14.1. The van der Waals surface area contributed by atoms with Gasteiger partial charge in [-0.25, -0.2) is 4.39 Å². The zero-order valence-electron chi connectivity index (χ0n) is 16.9. The average Bonchev–Trinajstić information content (AvgIpc) is 2.88. The molecule has 3 rings (SSSR count). The van der Waals surface area contributed by atoms with Crippen molar-refractivity contribution in [1.29, 1.82) is 0 Å². The molecule has 2 fully saturated rings. The summed E-state index contributed by atoms with van der Waals surface area (Å²) < 4.78 is 14.1. The lowest BCUT2D eigenvalue weighted by atomic mass is 9.94. The van der Waals surface area contributed by atoms with E-state index in [9.17, 15) is 14.0 Å². The molecule has 2 aliphatic heterocycles. The number of allylic oxidation sites excluding steroid dienone is 4. The third kappa shape index (κ3) is 4.61. The Morgan fingerprint density at radius 1 is 1.14 bits per heavy atom. The quantitative estimate of drug-likeness (QED) is 0.699. The van der Waals surface area contributed by atoms with Crippen LogP contribution in [0.2, 0.25) is 0 Å². The van der Waals surface area contributed by atoms with Crippen LogP contribution in [0, 0.1) is 0 Å². The summed E-state index contributed by atoms with van der Waals surface area (Å²) in [4.78, 5) is 30.9. The van der Waals surface area contributed by atoms with Gasteiger partial charge in [-0.15, -0.1) is 0 Å². The molecule has 6 heteroatoms. The lowest BCUT2D eigenvalue weighted by molar-refractivity contribution is -0.131. The molecule has 1 unspecified atom stereocenters. The minimum atomic E-state index is -1.18. The Hall–Kier alpha value is -2.21. The van der Waals surface area contributed by atoms with Gasteiger partial charge in [-0.3, -0.25) is 14.5 Å². The maximum Gasteiger partial charge on any atom is 0.251 e. The van der Waals surface area contributed by atoms with Gasteiger partial charge < -0.3 is 9.80 Å². The summed E-state index contributed by atoms with van der Waals surface area (Å²) in [6.07, 6.45) is 10.0. The Bertz CT molecular complexity index is 720. The summed E-state index contributed by atoms with van der Waals surface area (Å²) in [5.41, 5.74) is 0.640. The molecule has 1 aliphatic carbocycles. The molecule has 0 N–H and O–H groups in total. The smallest absolute Gasteiger partial charge is 0.251 e. The van der Waals surface area contributed by atoms with Crippen LogP contribution in [-0.2, 0) is 9.59 Å². The maximum atomic E-state index is 14.1. The van der Waals surface area contributed by atoms with Gasteiger partial charge in [0.2, 0.25) is 5.91 Å². The molecule has 0 aromatic carbocycles. The first kappa shape index (κ1) is 20.5. The van der Waals surface area contributed by atoms with Crippen LogP contribution in [0.5, 0.6) is 0 Å². The Kier molecular flexibility index (Phi) is 6.18. The number of hydrogen-bond donors (Lipinski definition) is 0. The zero-order valence-corrected chi connectivity index (χ0v) is 16.9. The predicted octanol–water partition coefficient (Wildman–Crippen LogP) is 2.48. The van der Waals surface area contributed by atoms with Gasteiger partial charge in [0.05, 0.1) is 6.04 Å². The first-order chi connectivity index (χ1) is 13.3. The highest BCUT2D eigenvalue weighted by Gasteiger charge is 2.35. The molecular weight excluding hydrogens is 357 g/mol. The topological polar surface area (TPSA) is 43.9 Å². The van der Waals surface area contributed by atoms with Crippen molar-refractivity contribution in [3.63, 3.8) is 0 Å². The standard InChI is InChI=1S/C22H30FN3O2/c1-4-20(27)25-14-12-24(13-15-25)19-16-17(2)6-5-7-18(19)21(28)26-10-8-22(3,23)9-11-26/h4-7,16,19H,1,8-15H2,2-3H3. The number of carbonyl (C=O) groups is 2. The molecule has 0 radical (unpaired) electrons. The normalized spacial score (nSPS) is 25.6. The number of rotatable bonds is 3. The van der Waals surface area contributed by atoms with Gasteiger partial charge in [-0.05, 0) is 32.8 Å². The van der Waals surface area contributed by atoms with E-state index in [1.807, 2.05) is 25.2 Å². The monoisotopic (exact) mass is 387 g/mol. The summed E-state index contributed by atoms with van der Waals surface area (Å²) in [5, 5.41) is 0. The molecule has 5 nitrogen and oxygen atoms in total. The van der Waals surface area contributed by atoms with Crippen molar-refractivity contribution >= 4 is 11.8 Å². The Balaban J connectivity index is 1.75. The van der Waals surface area contributed by atoms with E-state index in [2.05, 4.69) is 17.6 Å². The van der Waals surface area contributed by atoms with Crippen LogP contribution in [0.25, 0.3) is 0 Å². The van der Waals surface area contributed by atoms with E-state index in [0.29, 0.717) is 52.1 Å². The Morgan fingerprint density at radius 2 is 1.79 bits per heavy atom. The fraction of sp³-hybridized carbons (Fsp3) is 0.545. The predicted molar refractivity (Wildman–Crippen MR) is 108 cm³/mol. The van der Waals surface area contributed by atoms with Crippen LogP contribution in [-0.4, -0.2) is 77.5 Å². The second-order valence-corrected chi connectivity index (χ2v) is 8.11. The van der Waals surface area contributed by atoms with E-state index < -0.39 is 5.67 Å². The van der Waals surface area contributed by atoms with Gasteiger partial charge in [0, 0.05) is 44.8 Å². The number of nitrogens with zero attached hydrogens (tertiary/aromatic N) is 3. The minimum absolute atomic E-state index is 0.0132. The summed E-state index contributed by atoms with van der Waals surface area (Å²) in [6, 6.07) is -0.137. The van der Waals surface area contributed by atoms with Crippen LogP contribution in [0.4, 0.5) is 4.39 Å². The highest BCUT2D eigenvalue weighted by atomic mass is 19.1. The molecule has 0 saturated carbocycles. The van der Waals surface area contributed by atoms with Crippen LogP contribution in [0.15, 0.2) is 48.1 Å².